The number of methoxy groups -OCH3 is 1. The first-order valence-electron chi connectivity index (χ1n) is 5.36. The minimum atomic E-state index is 0.769. The average Bonchev–Trinajstić information content (AvgIpc) is 2.30. The molecule has 2 rings (SSSR count). The Kier molecular flexibility index (Phi) is 3.07. The molecule has 0 N–H and O–H groups in total. The topological polar surface area (TPSA) is 9.23 Å². The van der Waals surface area contributed by atoms with Gasteiger partial charge in [0.05, 0.1) is 7.11 Å². The maximum Gasteiger partial charge on any atom is 0.118 e. The van der Waals surface area contributed by atoms with Crippen LogP contribution < -0.4 is 4.74 Å². The summed E-state index contributed by atoms with van der Waals surface area (Å²) in [5.74, 6) is 1.72. The summed E-state index contributed by atoms with van der Waals surface area (Å²) in [7, 11) is 1.71. The highest BCUT2D eigenvalue weighted by Gasteiger charge is 2.14. The first-order chi connectivity index (χ1) is 6.90. The van der Waals surface area contributed by atoms with E-state index in [-0.39, 0.29) is 0 Å². The van der Waals surface area contributed by atoms with Crippen molar-refractivity contribution < 1.29 is 4.74 Å². The van der Waals surface area contributed by atoms with E-state index in [1.54, 1.807) is 7.11 Å². The third-order valence-corrected chi connectivity index (χ3v) is 3.03. The maximum atomic E-state index is 5.15. The summed E-state index contributed by atoms with van der Waals surface area (Å²) in [6.45, 7) is 0. The zero-order valence-electron chi connectivity index (χ0n) is 8.70. The van der Waals surface area contributed by atoms with Crippen LogP contribution >= 0.6 is 0 Å². The van der Waals surface area contributed by atoms with Crippen LogP contribution in [0.2, 0.25) is 0 Å². The summed E-state index contributed by atoms with van der Waals surface area (Å²) in [4.78, 5) is 0. The molecule has 1 nitrogen and oxygen atoms in total. The van der Waals surface area contributed by atoms with Crippen molar-refractivity contribution in [2.45, 2.75) is 31.6 Å². The van der Waals surface area contributed by atoms with E-state index in [9.17, 15) is 0 Å². The summed E-state index contributed by atoms with van der Waals surface area (Å²) in [5.41, 5.74) is 1.47. The van der Waals surface area contributed by atoms with Gasteiger partial charge in [-0.3, -0.25) is 0 Å². The van der Waals surface area contributed by atoms with Crippen molar-refractivity contribution in [1.82, 2.24) is 0 Å². The predicted octanol–water partition coefficient (Wildman–Crippen LogP) is 3.56. The fourth-order valence-corrected chi connectivity index (χ4v) is 2.14. The Morgan fingerprint density at radius 2 is 1.71 bits per heavy atom. The molecule has 1 heteroatoms. The summed E-state index contributed by atoms with van der Waals surface area (Å²) in [6.07, 6.45) is 7.58. The molecule has 1 aromatic carbocycles. The van der Waals surface area contributed by atoms with E-state index in [0.717, 1.165) is 11.7 Å². The van der Waals surface area contributed by atoms with Crippen molar-refractivity contribution in [3.05, 3.63) is 36.2 Å². The Bertz CT molecular complexity index is 270. The zero-order chi connectivity index (χ0) is 9.80. The van der Waals surface area contributed by atoms with Crippen molar-refractivity contribution in [3.63, 3.8) is 0 Å². The highest BCUT2D eigenvalue weighted by Crippen LogP contribution is 2.32. The van der Waals surface area contributed by atoms with Gasteiger partial charge in [0.25, 0.3) is 0 Å². The van der Waals surface area contributed by atoms with Crippen LogP contribution in [0.4, 0.5) is 0 Å². The van der Waals surface area contributed by atoms with Crippen molar-refractivity contribution in [2.24, 2.45) is 0 Å². The molecule has 14 heavy (non-hydrogen) atoms. The lowest BCUT2D eigenvalue weighted by molar-refractivity contribution is 0.414. The molecule has 1 radical (unpaired) electrons. The Morgan fingerprint density at radius 3 is 2.29 bits per heavy atom. The zero-order valence-corrected chi connectivity index (χ0v) is 8.70. The van der Waals surface area contributed by atoms with Crippen LogP contribution in [0.15, 0.2) is 24.3 Å². The number of rotatable bonds is 2. The van der Waals surface area contributed by atoms with Gasteiger partial charge < -0.3 is 4.74 Å². The fraction of sp³-hybridized carbons (Fsp3) is 0.462. The maximum absolute atomic E-state index is 5.15. The van der Waals surface area contributed by atoms with Gasteiger partial charge in [-0.1, -0.05) is 12.1 Å². The van der Waals surface area contributed by atoms with Crippen molar-refractivity contribution in [1.29, 1.82) is 0 Å². The van der Waals surface area contributed by atoms with E-state index in [1.807, 2.05) is 0 Å². The number of ether oxygens (including phenoxy) is 1. The third kappa shape index (κ3) is 2.09. The van der Waals surface area contributed by atoms with Crippen LogP contribution in [0, 0.1) is 6.42 Å². The van der Waals surface area contributed by atoms with E-state index < -0.39 is 0 Å². The van der Waals surface area contributed by atoms with Crippen LogP contribution in [0.3, 0.4) is 0 Å². The molecule has 0 saturated heterocycles. The van der Waals surface area contributed by atoms with Crippen molar-refractivity contribution in [3.8, 4) is 5.75 Å². The Morgan fingerprint density at radius 1 is 1.07 bits per heavy atom. The lowest BCUT2D eigenvalue weighted by Gasteiger charge is -2.21. The van der Waals surface area contributed by atoms with Gasteiger partial charge in [-0.05, 0) is 55.7 Å². The molecule has 0 unspecified atom stereocenters. The molecule has 1 aliphatic carbocycles. The molecule has 1 fully saturated rings. The lowest BCUT2D eigenvalue weighted by Crippen LogP contribution is -2.04. The van der Waals surface area contributed by atoms with Crippen molar-refractivity contribution >= 4 is 0 Å². The Balaban J connectivity index is 2.07. The first-order valence-corrected chi connectivity index (χ1v) is 5.36. The molecule has 0 bridgehead atoms. The average molecular weight is 189 g/mol. The number of hydrogen-bond donors (Lipinski definition) is 0. The third-order valence-electron chi connectivity index (χ3n) is 3.03. The molecule has 1 saturated carbocycles. The van der Waals surface area contributed by atoms with Gasteiger partial charge in [-0.15, -0.1) is 0 Å². The highest BCUT2D eigenvalue weighted by atomic mass is 16.5. The van der Waals surface area contributed by atoms with Gasteiger partial charge in [0, 0.05) is 0 Å². The van der Waals surface area contributed by atoms with Crippen LogP contribution in [0.25, 0.3) is 0 Å². The quantitative estimate of drug-likeness (QED) is 0.691. The summed E-state index contributed by atoms with van der Waals surface area (Å²) < 4.78 is 5.15. The predicted molar refractivity (Wildman–Crippen MR) is 58.5 cm³/mol. The Hall–Kier alpha value is -0.980. The van der Waals surface area contributed by atoms with Gasteiger partial charge in [-0.25, -0.2) is 0 Å². The molecule has 1 aliphatic rings. The molecular formula is C13H17O. The highest BCUT2D eigenvalue weighted by molar-refractivity contribution is 5.29. The van der Waals surface area contributed by atoms with Gasteiger partial charge in [0.1, 0.15) is 5.75 Å². The van der Waals surface area contributed by atoms with Gasteiger partial charge in [-0.2, -0.15) is 0 Å². The summed E-state index contributed by atoms with van der Waals surface area (Å²) in [5, 5.41) is 0. The number of benzene rings is 1. The molecule has 0 heterocycles. The second-order valence-electron chi connectivity index (χ2n) is 3.91. The molecule has 0 spiro atoms. The monoisotopic (exact) mass is 189 g/mol. The lowest BCUT2D eigenvalue weighted by atomic mass is 9.84. The molecule has 0 amide bonds. The van der Waals surface area contributed by atoms with Crippen LogP contribution in [-0.2, 0) is 0 Å². The minimum Gasteiger partial charge on any atom is -0.497 e. The molecular weight excluding hydrogens is 172 g/mol. The van der Waals surface area contributed by atoms with E-state index in [0.29, 0.717) is 0 Å². The SMILES string of the molecule is COc1ccc(C2CC[CH]CC2)cc1. The standard InChI is InChI=1S/C13H17O/c1-14-13-9-7-12(8-10-13)11-5-3-2-4-6-11/h2,7-11H,3-6H2,1H3. The van der Waals surface area contributed by atoms with Crippen LogP contribution in [0.5, 0.6) is 5.75 Å². The van der Waals surface area contributed by atoms with E-state index in [2.05, 4.69) is 30.7 Å². The molecule has 0 atom stereocenters. The molecule has 0 aliphatic heterocycles. The summed E-state index contributed by atoms with van der Waals surface area (Å²) in [6, 6.07) is 8.53. The Labute approximate surface area is 86.1 Å². The fourth-order valence-electron chi connectivity index (χ4n) is 2.14. The largest absolute Gasteiger partial charge is 0.497 e. The minimum absolute atomic E-state index is 0.769. The molecule has 1 aromatic rings. The normalized spacial score (nSPS) is 18.1. The van der Waals surface area contributed by atoms with Gasteiger partial charge >= 0.3 is 0 Å². The van der Waals surface area contributed by atoms with Gasteiger partial charge in [0.15, 0.2) is 0 Å². The van der Waals surface area contributed by atoms with E-state index in [1.165, 1.54) is 31.2 Å². The van der Waals surface area contributed by atoms with E-state index >= 15 is 0 Å². The van der Waals surface area contributed by atoms with Crippen LogP contribution in [0.1, 0.15) is 37.2 Å². The summed E-state index contributed by atoms with van der Waals surface area (Å²) >= 11 is 0. The van der Waals surface area contributed by atoms with E-state index in [4.69, 9.17) is 4.74 Å². The van der Waals surface area contributed by atoms with Crippen molar-refractivity contribution in [2.75, 3.05) is 7.11 Å². The molecule has 75 valence electrons. The number of hydrogen-bond acceptors (Lipinski definition) is 1. The smallest absolute Gasteiger partial charge is 0.118 e. The van der Waals surface area contributed by atoms with Gasteiger partial charge in [0.2, 0.25) is 0 Å². The second kappa shape index (κ2) is 4.50. The molecule has 0 aromatic heterocycles. The van der Waals surface area contributed by atoms with Crippen LogP contribution in [-0.4, -0.2) is 7.11 Å². The second-order valence-corrected chi connectivity index (χ2v) is 3.91. The first kappa shape index (κ1) is 9.57.